The SMILES string of the molecule is CN1CCC2(CC1)CN(CCN1CCCC1=O)CCCN2C.O=CO. The number of likely N-dealkylation sites (N-methyl/N-ethyl adjacent to an activating group) is 1. The number of carbonyl (C=O) groups is 2. The number of hydrogen-bond donors (Lipinski definition) is 1. The summed E-state index contributed by atoms with van der Waals surface area (Å²) in [7, 11) is 4.55. The number of piperidine rings is 1. The molecule has 1 spiro atoms. The summed E-state index contributed by atoms with van der Waals surface area (Å²) in [5, 5.41) is 6.89. The predicted molar refractivity (Wildman–Crippen MR) is 97.7 cm³/mol. The summed E-state index contributed by atoms with van der Waals surface area (Å²) in [6, 6.07) is 0. The fourth-order valence-corrected chi connectivity index (χ4v) is 4.35. The van der Waals surface area contributed by atoms with Gasteiger partial charge in [0, 0.05) is 38.1 Å². The van der Waals surface area contributed by atoms with Crippen LogP contribution in [-0.4, -0.2) is 109 Å². The van der Waals surface area contributed by atoms with Gasteiger partial charge < -0.3 is 14.9 Å². The van der Waals surface area contributed by atoms with E-state index in [9.17, 15) is 4.79 Å². The highest BCUT2D eigenvalue weighted by Gasteiger charge is 2.40. The summed E-state index contributed by atoms with van der Waals surface area (Å²) >= 11 is 0. The number of amides is 1. The van der Waals surface area contributed by atoms with Gasteiger partial charge in [-0.3, -0.25) is 19.4 Å². The first-order chi connectivity index (χ1) is 12.0. The van der Waals surface area contributed by atoms with Crippen LogP contribution in [0.4, 0.5) is 0 Å². The molecule has 1 amide bonds. The van der Waals surface area contributed by atoms with Gasteiger partial charge >= 0.3 is 0 Å². The lowest BCUT2D eigenvalue weighted by molar-refractivity contribution is -0.128. The van der Waals surface area contributed by atoms with Crippen molar-refractivity contribution in [2.75, 3.05) is 66.5 Å². The molecule has 0 unspecified atom stereocenters. The summed E-state index contributed by atoms with van der Waals surface area (Å²) in [6.07, 6.45) is 5.62. The maximum Gasteiger partial charge on any atom is 0.290 e. The molecule has 144 valence electrons. The molecule has 0 aromatic heterocycles. The van der Waals surface area contributed by atoms with Crippen molar-refractivity contribution in [1.82, 2.24) is 19.6 Å². The minimum Gasteiger partial charge on any atom is -0.483 e. The van der Waals surface area contributed by atoms with Crippen molar-refractivity contribution >= 4 is 12.4 Å². The van der Waals surface area contributed by atoms with Gasteiger partial charge in [0.15, 0.2) is 0 Å². The van der Waals surface area contributed by atoms with Gasteiger partial charge in [-0.2, -0.15) is 0 Å². The molecule has 25 heavy (non-hydrogen) atoms. The van der Waals surface area contributed by atoms with Crippen LogP contribution < -0.4 is 0 Å². The normalized spacial score (nSPS) is 25.5. The summed E-state index contributed by atoms with van der Waals surface area (Å²) in [6.45, 7) is 8.70. The third-order valence-electron chi connectivity index (χ3n) is 6.07. The van der Waals surface area contributed by atoms with Crippen molar-refractivity contribution in [1.29, 1.82) is 0 Å². The Bertz CT molecular complexity index is 438. The van der Waals surface area contributed by atoms with E-state index in [1.165, 1.54) is 52.0 Å². The molecule has 3 aliphatic rings. The molecule has 3 rings (SSSR count). The largest absolute Gasteiger partial charge is 0.483 e. The Kier molecular flexibility index (Phi) is 7.65. The molecule has 3 heterocycles. The molecule has 3 fully saturated rings. The number of carboxylic acid groups (broad SMARTS) is 1. The summed E-state index contributed by atoms with van der Waals surface area (Å²) in [4.78, 5) is 29.9. The van der Waals surface area contributed by atoms with Gasteiger partial charge in [-0.15, -0.1) is 0 Å². The topological polar surface area (TPSA) is 67.3 Å². The fraction of sp³-hybridized carbons (Fsp3) is 0.889. The van der Waals surface area contributed by atoms with Crippen LogP contribution >= 0.6 is 0 Å². The Labute approximate surface area is 151 Å². The maximum absolute atomic E-state index is 11.8. The Hall–Kier alpha value is -1.18. The lowest BCUT2D eigenvalue weighted by Gasteiger charge is -2.47. The Balaban J connectivity index is 0.000000701. The van der Waals surface area contributed by atoms with E-state index in [1.807, 2.05) is 0 Å². The van der Waals surface area contributed by atoms with Crippen LogP contribution in [0.5, 0.6) is 0 Å². The highest BCUT2D eigenvalue weighted by atomic mass is 16.3. The fourth-order valence-electron chi connectivity index (χ4n) is 4.35. The number of hydrogen-bond acceptors (Lipinski definition) is 5. The van der Waals surface area contributed by atoms with Gasteiger partial charge in [0.2, 0.25) is 5.91 Å². The smallest absolute Gasteiger partial charge is 0.290 e. The first-order valence-electron chi connectivity index (χ1n) is 9.48. The second kappa shape index (κ2) is 9.50. The minimum atomic E-state index is -0.250. The second-order valence-corrected chi connectivity index (χ2v) is 7.67. The van der Waals surface area contributed by atoms with Crippen LogP contribution in [-0.2, 0) is 9.59 Å². The molecule has 3 saturated heterocycles. The lowest BCUT2D eigenvalue weighted by atomic mass is 9.85. The van der Waals surface area contributed by atoms with E-state index in [1.54, 1.807) is 0 Å². The van der Waals surface area contributed by atoms with Crippen molar-refractivity contribution in [3.63, 3.8) is 0 Å². The van der Waals surface area contributed by atoms with Crippen molar-refractivity contribution < 1.29 is 14.7 Å². The van der Waals surface area contributed by atoms with Crippen LogP contribution in [0.1, 0.15) is 32.1 Å². The van der Waals surface area contributed by atoms with Crippen LogP contribution in [0, 0.1) is 0 Å². The van der Waals surface area contributed by atoms with Crippen molar-refractivity contribution in [3.05, 3.63) is 0 Å². The Morgan fingerprint density at radius 3 is 2.32 bits per heavy atom. The van der Waals surface area contributed by atoms with E-state index >= 15 is 0 Å². The lowest BCUT2D eigenvalue weighted by Crippen LogP contribution is -2.58. The number of carbonyl (C=O) groups excluding carboxylic acids is 1. The zero-order valence-corrected chi connectivity index (χ0v) is 15.8. The van der Waals surface area contributed by atoms with Crippen LogP contribution in [0.3, 0.4) is 0 Å². The van der Waals surface area contributed by atoms with E-state index < -0.39 is 0 Å². The Morgan fingerprint density at radius 1 is 1.04 bits per heavy atom. The monoisotopic (exact) mass is 354 g/mol. The highest BCUT2D eigenvalue weighted by molar-refractivity contribution is 5.78. The van der Waals surface area contributed by atoms with Crippen molar-refractivity contribution in [2.24, 2.45) is 0 Å². The summed E-state index contributed by atoms with van der Waals surface area (Å²) in [5.41, 5.74) is 0.359. The summed E-state index contributed by atoms with van der Waals surface area (Å²) < 4.78 is 0. The zero-order chi connectivity index (χ0) is 18.3. The Morgan fingerprint density at radius 2 is 1.72 bits per heavy atom. The molecule has 0 aromatic rings. The van der Waals surface area contributed by atoms with Gasteiger partial charge in [0.1, 0.15) is 0 Å². The standard InChI is InChI=1S/C17H32N4O.CH2O2/c1-18-11-6-17(7-12-18)15-20(9-4-8-19(17)2)13-14-21-10-3-5-16(21)22;2-1-3/h3-15H2,1-2H3;1H,(H,2,3). The molecule has 0 atom stereocenters. The molecule has 0 saturated carbocycles. The molecule has 0 bridgehead atoms. The first kappa shape index (κ1) is 20.1. The number of nitrogens with zero attached hydrogens (tertiary/aromatic N) is 4. The van der Waals surface area contributed by atoms with Crippen molar-refractivity contribution in [2.45, 2.75) is 37.6 Å². The van der Waals surface area contributed by atoms with E-state index in [0.717, 1.165) is 32.5 Å². The van der Waals surface area contributed by atoms with Gasteiger partial charge in [0.05, 0.1) is 0 Å². The zero-order valence-electron chi connectivity index (χ0n) is 15.8. The molecule has 0 aromatic carbocycles. The van der Waals surface area contributed by atoms with Crippen LogP contribution in [0.15, 0.2) is 0 Å². The molecular formula is C18H34N4O3. The molecule has 7 nitrogen and oxygen atoms in total. The predicted octanol–water partition coefficient (Wildman–Crippen LogP) is 0.412. The van der Waals surface area contributed by atoms with E-state index in [4.69, 9.17) is 9.90 Å². The van der Waals surface area contributed by atoms with Crippen molar-refractivity contribution in [3.8, 4) is 0 Å². The number of likely N-dealkylation sites (tertiary alicyclic amines) is 2. The van der Waals surface area contributed by atoms with Gasteiger partial charge in [-0.05, 0) is 66.0 Å². The minimum absolute atomic E-state index is 0.250. The van der Waals surface area contributed by atoms with E-state index in [2.05, 4.69) is 33.7 Å². The first-order valence-corrected chi connectivity index (χ1v) is 9.48. The third-order valence-corrected chi connectivity index (χ3v) is 6.07. The van der Waals surface area contributed by atoms with Gasteiger partial charge in [-0.25, -0.2) is 0 Å². The van der Waals surface area contributed by atoms with Gasteiger partial charge in [0.25, 0.3) is 6.47 Å². The average Bonchev–Trinajstić information content (AvgIpc) is 2.93. The highest BCUT2D eigenvalue weighted by Crippen LogP contribution is 2.30. The van der Waals surface area contributed by atoms with E-state index in [-0.39, 0.29) is 6.47 Å². The second-order valence-electron chi connectivity index (χ2n) is 7.67. The van der Waals surface area contributed by atoms with Crippen LogP contribution in [0.2, 0.25) is 0 Å². The third kappa shape index (κ3) is 5.39. The van der Waals surface area contributed by atoms with Gasteiger partial charge in [-0.1, -0.05) is 0 Å². The summed E-state index contributed by atoms with van der Waals surface area (Å²) in [5.74, 6) is 0.362. The molecular weight excluding hydrogens is 320 g/mol. The average molecular weight is 354 g/mol. The maximum atomic E-state index is 11.8. The van der Waals surface area contributed by atoms with E-state index in [0.29, 0.717) is 11.4 Å². The van der Waals surface area contributed by atoms with Crippen LogP contribution in [0.25, 0.3) is 0 Å². The molecule has 0 aliphatic carbocycles. The number of rotatable bonds is 3. The molecule has 3 aliphatic heterocycles. The molecule has 7 heteroatoms. The molecule has 0 radical (unpaired) electrons. The molecule has 1 N–H and O–H groups in total. The quantitative estimate of drug-likeness (QED) is 0.741.